The molecule has 9 aromatic carbocycles. The number of hydrogen-bond acceptors (Lipinski definition) is 3. The normalized spacial score (nSPS) is 11.6. The van der Waals surface area contributed by atoms with Crippen molar-refractivity contribution in [3.63, 3.8) is 0 Å². The summed E-state index contributed by atoms with van der Waals surface area (Å²) >= 11 is -0.00845. The number of hydrogen-bond donors (Lipinski definition) is 0. The second kappa shape index (κ2) is 21.5. The third kappa shape index (κ3) is 9.58. The molecule has 0 amide bonds. The first-order chi connectivity index (χ1) is 35.5. The maximum absolute atomic E-state index is 6.63. The fourth-order valence-electron chi connectivity index (χ4n) is 10.4. The summed E-state index contributed by atoms with van der Waals surface area (Å²) in [5.41, 5.74) is 21.3. The van der Waals surface area contributed by atoms with Crippen molar-refractivity contribution >= 4 is 57.3 Å². The van der Waals surface area contributed by atoms with Gasteiger partial charge in [-0.05, 0) is 35.1 Å². The minimum Gasteiger partial charge on any atom is -0.333 e. The number of furan rings is 1. The smallest absolute Gasteiger partial charge is 0.0774 e. The molecule has 3 heterocycles. The molecule has 0 atom stereocenters. The van der Waals surface area contributed by atoms with Crippen molar-refractivity contribution in [2.24, 2.45) is 0 Å². The van der Waals surface area contributed by atoms with Crippen LogP contribution in [0.1, 0.15) is 101 Å². The molecule has 0 aliphatic carbocycles. The Bertz CT molecular complexity index is 3860. The molecule has 12 aromatic rings. The van der Waals surface area contributed by atoms with Crippen LogP contribution < -0.4 is 0 Å². The minimum absolute atomic E-state index is 0. The standard InChI is InChI=1S/C43H34NOSe.C25H25N2.Ir/c1-26(2)36-23-31(29-15-9-6-10-16-29)24-37(27(3)4)40(36)34-18-12-20-38-42(34)46-43(44-38)35-19-11-17-33-32-22-21-30(25-39(32)45-41(33)35)28-13-7-5-8-14-28;1-17(2)20-13-10-14-21(18(3)4)24(20)27-23-16-9-8-15-22(23)26-25(27)19-11-6-5-7-12-19;/h5-18,20-27H,1-4H3;5-11,13-18H,1-4H3;/q2*-1;. The summed E-state index contributed by atoms with van der Waals surface area (Å²) in [5.74, 6) is 2.55. The Hall–Kier alpha value is -6.91. The number of aromatic nitrogens is 3. The number of rotatable bonds is 10. The maximum Gasteiger partial charge on any atom is 0.0774 e. The van der Waals surface area contributed by atoms with Gasteiger partial charge in [0.25, 0.3) is 0 Å². The molecule has 0 fully saturated rings. The molecule has 1 radical (unpaired) electrons. The van der Waals surface area contributed by atoms with Crippen molar-refractivity contribution in [3.05, 3.63) is 222 Å². The van der Waals surface area contributed by atoms with E-state index in [1.165, 1.54) is 60.0 Å². The average molecular weight is 1210 g/mol. The summed E-state index contributed by atoms with van der Waals surface area (Å²) in [6.07, 6.45) is 0. The third-order valence-electron chi connectivity index (χ3n) is 14.1. The summed E-state index contributed by atoms with van der Waals surface area (Å²) in [5, 5.41) is 2.23. The molecule has 0 spiro atoms. The van der Waals surface area contributed by atoms with Crippen molar-refractivity contribution in [1.82, 2.24) is 14.5 Å². The molecule has 0 aliphatic heterocycles. The first-order valence-electron chi connectivity index (χ1n) is 25.7. The van der Waals surface area contributed by atoms with Crippen LogP contribution in [0.15, 0.2) is 192 Å². The van der Waals surface area contributed by atoms with Crippen molar-refractivity contribution < 1.29 is 24.5 Å². The van der Waals surface area contributed by atoms with Gasteiger partial charge < -0.3 is 4.57 Å². The van der Waals surface area contributed by atoms with Crippen LogP contribution in [0.5, 0.6) is 0 Å². The molecule has 3 aromatic heterocycles. The molecule has 0 aliphatic rings. The molecule has 12 rings (SSSR count). The van der Waals surface area contributed by atoms with E-state index in [1.807, 2.05) is 30.3 Å². The van der Waals surface area contributed by atoms with Crippen LogP contribution in [0.25, 0.3) is 103 Å². The Balaban J connectivity index is 0.000000191. The van der Waals surface area contributed by atoms with Gasteiger partial charge in [0.2, 0.25) is 0 Å². The molecule has 4 nitrogen and oxygen atoms in total. The van der Waals surface area contributed by atoms with E-state index in [-0.39, 0.29) is 34.6 Å². The zero-order valence-corrected chi connectivity index (χ0v) is 47.3. The molecule has 6 heteroatoms. The van der Waals surface area contributed by atoms with Gasteiger partial charge in [0.1, 0.15) is 0 Å². The van der Waals surface area contributed by atoms with Gasteiger partial charge in [0.15, 0.2) is 0 Å². The largest absolute Gasteiger partial charge is 0.333 e. The summed E-state index contributed by atoms with van der Waals surface area (Å²) in [7, 11) is 0. The summed E-state index contributed by atoms with van der Waals surface area (Å²) in [6, 6.07) is 73.4. The Morgan fingerprint density at radius 1 is 0.486 bits per heavy atom. The minimum atomic E-state index is -0.00845. The monoisotopic (exact) mass is 1210 g/mol. The van der Waals surface area contributed by atoms with E-state index in [0.29, 0.717) is 23.7 Å². The zero-order chi connectivity index (χ0) is 50.3. The fourth-order valence-corrected chi connectivity index (χ4v) is 12.7. The van der Waals surface area contributed by atoms with Crippen molar-refractivity contribution in [2.45, 2.75) is 79.1 Å². The van der Waals surface area contributed by atoms with E-state index >= 15 is 0 Å². The van der Waals surface area contributed by atoms with Crippen LogP contribution in [0.3, 0.4) is 0 Å². The van der Waals surface area contributed by atoms with E-state index in [4.69, 9.17) is 14.4 Å². The van der Waals surface area contributed by atoms with Gasteiger partial charge in [0.05, 0.1) is 16.9 Å². The Morgan fingerprint density at radius 2 is 1.09 bits per heavy atom. The molecule has 0 unspecified atom stereocenters. The summed E-state index contributed by atoms with van der Waals surface area (Å²) in [4.78, 5) is 10.3. The van der Waals surface area contributed by atoms with Crippen LogP contribution in [-0.2, 0) is 20.1 Å². The Labute approximate surface area is 455 Å². The molecule has 369 valence electrons. The van der Waals surface area contributed by atoms with E-state index in [2.05, 4.69) is 230 Å². The molecule has 0 saturated carbocycles. The predicted molar refractivity (Wildman–Crippen MR) is 308 cm³/mol. The van der Waals surface area contributed by atoms with E-state index in [1.54, 1.807) is 0 Å². The summed E-state index contributed by atoms with van der Waals surface area (Å²) < 4.78 is 11.4. The second-order valence-corrected chi connectivity index (χ2v) is 22.4. The second-order valence-electron chi connectivity index (χ2n) is 20.3. The zero-order valence-electron chi connectivity index (χ0n) is 43.2. The number of nitrogens with zero attached hydrogens (tertiary/aromatic N) is 3. The average Bonchev–Trinajstić information content (AvgIpc) is 4.15. The number of para-hydroxylation sites is 3. The molecule has 74 heavy (non-hydrogen) atoms. The van der Waals surface area contributed by atoms with Crippen molar-refractivity contribution in [2.75, 3.05) is 0 Å². The number of fused-ring (bicyclic) bond motifs is 5. The quantitative estimate of drug-likeness (QED) is 0.101. The van der Waals surface area contributed by atoms with E-state index < -0.39 is 0 Å². The first-order valence-corrected chi connectivity index (χ1v) is 27.4. The van der Waals surface area contributed by atoms with Crippen LogP contribution in [0, 0.1) is 12.1 Å². The summed E-state index contributed by atoms with van der Waals surface area (Å²) in [6.45, 7) is 18.3. The number of benzene rings is 9. The van der Waals surface area contributed by atoms with Gasteiger partial charge in [-0.15, -0.1) is 35.9 Å². The number of imidazole rings is 1. The maximum atomic E-state index is 6.63. The SMILES string of the molecule is CC(C)c1cc(-c2ccccc2)cc(C(C)C)c1-c1cccc2nc(-c3[c-]ccc4c3oc3cc(-c5ccccc5)ccc34)[se]c12.CC(C)c1cccc(C(C)C)c1-n1c(-c2[c-]cccc2)nc2ccccc21.[Ir]. The van der Waals surface area contributed by atoms with E-state index in [9.17, 15) is 0 Å². The van der Waals surface area contributed by atoms with E-state index in [0.717, 1.165) is 65.6 Å². The molecule has 0 N–H and O–H groups in total. The molecular weight excluding hydrogens is 1150 g/mol. The van der Waals surface area contributed by atoms with Gasteiger partial charge >= 0.3 is 277 Å². The molecule has 0 bridgehead atoms. The fraction of sp³-hybridized carbons (Fsp3) is 0.176. The van der Waals surface area contributed by atoms with Crippen LogP contribution >= 0.6 is 0 Å². The van der Waals surface area contributed by atoms with Crippen LogP contribution in [0.2, 0.25) is 0 Å². The van der Waals surface area contributed by atoms with Gasteiger partial charge in [0, 0.05) is 25.8 Å². The Morgan fingerprint density at radius 3 is 1.74 bits per heavy atom. The molecule has 0 saturated heterocycles. The topological polar surface area (TPSA) is 43.9 Å². The Kier molecular flexibility index (Phi) is 14.7. The first kappa shape index (κ1) is 50.6. The van der Waals surface area contributed by atoms with Crippen molar-refractivity contribution in [3.8, 4) is 60.6 Å². The van der Waals surface area contributed by atoms with Gasteiger partial charge in [-0.1, -0.05) is 58.0 Å². The van der Waals surface area contributed by atoms with Crippen molar-refractivity contribution in [1.29, 1.82) is 0 Å². The van der Waals surface area contributed by atoms with Gasteiger partial charge in [-0.2, -0.15) is 0 Å². The predicted octanol–water partition coefficient (Wildman–Crippen LogP) is 18.6. The van der Waals surface area contributed by atoms with Crippen LogP contribution in [-0.4, -0.2) is 29.0 Å². The van der Waals surface area contributed by atoms with Crippen LogP contribution in [0.4, 0.5) is 0 Å². The van der Waals surface area contributed by atoms with Gasteiger partial charge in [-0.3, -0.25) is 4.98 Å². The van der Waals surface area contributed by atoms with Gasteiger partial charge in [-0.25, -0.2) is 0 Å². The molecular formula is C68H59IrN3OSe-2. The third-order valence-corrected chi connectivity index (χ3v) is 16.4.